The largest absolute Gasteiger partial charge is 0.466 e. The molecular weight excluding hydrogens is 271 g/mol. The van der Waals surface area contributed by atoms with Crippen LogP contribution in [0.5, 0.6) is 0 Å². The maximum atomic E-state index is 12.9. The van der Waals surface area contributed by atoms with Gasteiger partial charge in [-0.3, -0.25) is 9.69 Å². The number of benzene rings is 1. The zero-order chi connectivity index (χ0) is 15.1. The second-order valence-corrected chi connectivity index (χ2v) is 5.21. The van der Waals surface area contributed by atoms with Gasteiger partial charge in [-0.2, -0.15) is 0 Å². The van der Waals surface area contributed by atoms with Gasteiger partial charge in [-0.05, 0) is 44.2 Å². The lowest BCUT2D eigenvalue weighted by atomic mass is 10.2. The SMILES string of the molecule is CCOC(=O)CCCN1CCN(c2ccc(F)cc2)CC1. The zero-order valence-electron chi connectivity index (χ0n) is 12.6. The second-order valence-electron chi connectivity index (χ2n) is 5.21. The van der Waals surface area contributed by atoms with Gasteiger partial charge in [0.25, 0.3) is 0 Å². The Bertz CT molecular complexity index is 442. The van der Waals surface area contributed by atoms with E-state index in [1.807, 2.05) is 19.1 Å². The lowest BCUT2D eigenvalue weighted by molar-refractivity contribution is -0.143. The molecule has 1 aliphatic rings. The average molecular weight is 294 g/mol. The van der Waals surface area contributed by atoms with Crippen LogP contribution in [-0.4, -0.2) is 50.2 Å². The van der Waals surface area contributed by atoms with Gasteiger partial charge in [-0.15, -0.1) is 0 Å². The van der Waals surface area contributed by atoms with Gasteiger partial charge in [0.15, 0.2) is 0 Å². The molecule has 1 aliphatic heterocycles. The number of piperazine rings is 1. The van der Waals surface area contributed by atoms with E-state index in [0.29, 0.717) is 13.0 Å². The van der Waals surface area contributed by atoms with Crippen LogP contribution in [0.3, 0.4) is 0 Å². The molecular formula is C16H23FN2O2. The first-order valence-corrected chi connectivity index (χ1v) is 7.57. The van der Waals surface area contributed by atoms with Crippen molar-refractivity contribution < 1.29 is 13.9 Å². The van der Waals surface area contributed by atoms with Gasteiger partial charge in [0, 0.05) is 38.3 Å². The molecule has 1 saturated heterocycles. The Morgan fingerprint density at radius 3 is 2.48 bits per heavy atom. The van der Waals surface area contributed by atoms with Crippen LogP contribution in [-0.2, 0) is 9.53 Å². The Kier molecular flexibility index (Phi) is 5.99. The predicted molar refractivity (Wildman–Crippen MR) is 80.9 cm³/mol. The number of ether oxygens (including phenoxy) is 1. The summed E-state index contributed by atoms with van der Waals surface area (Å²) in [6.45, 7) is 7.02. The van der Waals surface area contributed by atoms with E-state index >= 15 is 0 Å². The number of rotatable bonds is 6. The van der Waals surface area contributed by atoms with Crippen molar-refractivity contribution in [2.24, 2.45) is 0 Å². The summed E-state index contributed by atoms with van der Waals surface area (Å²) < 4.78 is 17.8. The van der Waals surface area contributed by atoms with Gasteiger partial charge >= 0.3 is 5.97 Å². The number of anilines is 1. The minimum atomic E-state index is -0.198. The highest BCUT2D eigenvalue weighted by molar-refractivity contribution is 5.69. The molecule has 2 rings (SSSR count). The molecule has 0 bridgehead atoms. The van der Waals surface area contributed by atoms with E-state index < -0.39 is 0 Å². The summed E-state index contributed by atoms with van der Waals surface area (Å²) in [6.07, 6.45) is 1.33. The molecule has 1 aromatic carbocycles. The third-order valence-electron chi connectivity index (χ3n) is 3.72. The number of halogens is 1. The van der Waals surface area contributed by atoms with Crippen LogP contribution in [0.25, 0.3) is 0 Å². The summed E-state index contributed by atoms with van der Waals surface area (Å²) in [6, 6.07) is 6.65. The highest BCUT2D eigenvalue weighted by atomic mass is 19.1. The van der Waals surface area contributed by atoms with Crippen LogP contribution >= 0.6 is 0 Å². The number of hydrogen-bond acceptors (Lipinski definition) is 4. The van der Waals surface area contributed by atoms with Crippen LogP contribution in [0.15, 0.2) is 24.3 Å². The molecule has 1 heterocycles. The summed E-state index contributed by atoms with van der Waals surface area (Å²) in [7, 11) is 0. The van der Waals surface area contributed by atoms with Gasteiger partial charge in [0.05, 0.1) is 6.61 Å². The van der Waals surface area contributed by atoms with Gasteiger partial charge in [-0.1, -0.05) is 0 Å². The minimum absolute atomic E-state index is 0.109. The summed E-state index contributed by atoms with van der Waals surface area (Å²) in [5.41, 5.74) is 1.07. The standard InChI is InChI=1S/C16H23FN2O2/c1-2-21-16(20)4-3-9-18-10-12-19(13-11-18)15-7-5-14(17)6-8-15/h5-8H,2-4,9-13H2,1H3. The fourth-order valence-corrected chi connectivity index (χ4v) is 2.56. The smallest absolute Gasteiger partial charge is 0.305 e. The van der Waals surface area contributed by atoms with E-state index in [2.05, 4.69) is 9.80 Å². The predicted octanol–water partition coefficient (Wildman–Crippen LogP) is 2.29. The fourth-order valence-electron chi connectivity index (χ4n) is 2.56. The van der Waals surface area contributed by atoms with Gasteiger partial charge in [0.1, 0.15) is 5.82 Å². The van der Waals surface area contributed by atoms with Gasteiger partial charge in [0.2, 0.25) is 0 Å². The highest BCUT2D eigenvalue weighted by Crippen LogP contribution is 2.17. The van der Waals surface area contributed by atoms with Crippen molar-refractivity contribution in [2.45, 2.75) is 19.8 Å². The van der Waals surface area contributed by atoms with Crippen molar-refractivity contribution in [3.63, 3.8) is 0 Å². The maximum Gasteiger partial charge on any atom is 0.305 e. The topological polar surface area (TPSA) is 32.8 Å². The number of esters is 1. The molecule has 0 aromatic heterocycles. The van der Waals surface area contributed by atoms with Crippen molar-refractivity contribution >= 4 is 11.7 Å². The van der Waals surface area contributed by atoms with Crippen LogP contribution in [0.2, 0.25) is 0 Å². The number of carbonyl (C=O) groups excluding carboxylic acids is 1. The van der Waals surface area contributed by atoms with Crippen molar-refractivity contribution in [2.75, 3.05) is 44.2 Å². The van der Waals surface area contributed by atoms with Gasteiger partial charge < -0.3 is 9.64 Å². The normalized spacial score (nSPS) is 16.0. The van der Waals surface area contributed by atoms with Crippen LogP contribution < -0.4 is 4.90 Å². The quantitative estimate of drug-likeness (QED) is 0.754. The van der Waals surface area contributed by atoms with Crippen molar-refractivity contribution in [1.82, 2.24) is 4.90 Å². The Morgan fingerprint density at radius 2 is 1.86 bits per heavy atom. The Balaban J connectivity index is 1.68. The van der Waals surface area contributed by atoms with Crippen molar-refractivity contribution in [3.05, 3.63) is 30.1 Å². The van der Waals surface area contributed by atoms with Crippen LogP contribution in [0, 0.1) is 5.82 Å². The molecule has 0 spiro atoms. The van der Waals surface area contributed by atoms with Crippen molar-refractivity contribution in [3.8, 4) is 0 Å². The first-order chi connectivity index (χ1) is 10.2. The zero-order valence-corrected chi connectivity index (χ0v) is 12.6. The van der Waals surface area contributed by atoms with E-state index in [1.54, 1.807) is 0 Å². The molecule has 1 fully saturated rings. The number of carbonyl (C=O) groups is 1. The molecule has 116 valence electrons. The number of hydrogen-bond donors (Lipinski definition) is 0. The van der Waals surface area contributed by atoms with E-state index in [4.69, 9.17) is 4.74 Å². The molecule has 21 heavy (non-hydrogen) atoms. The molecule has 0 radical (unpaired) electrons. The molecule has 5 heteroatoms. The molecule has 1 aromatic rings. The Hall–Kier alpha value is -1.62. The van der Waals surface area contributed by atoms with Crippen molar-refractivity contribution in [1.29, 1.82) is 0 Å². The molecule has 0 saturated carbocycles. The molecule has 0 amide bonds. The van der Waals surface area contributed by atoms with Gasteiger partial charge in [-0.25, -0.2) is 4.39 Å². The summed E-state index contributed by atoms with van der Waals surface area (Å²) in [4.78, 5) is 15.9. The Morgan fingerprint density at radius 1 is 1.19 bits per heavy atom. The van der Waals surface area contributed by atoms with E-state index in [-0.39, 0.29) is 11.8 Å². The summed E-state index contributed by atoms with van der Waals surface area (Å²) in [5.74, 6) is -0.307. The van der Waals surface area contributed by atoms with E-state index in [1.165, 1.54) is 12.1 Å². The van der Waals surface area contributed by atoms with Crippen LogP contribution in [0.1, 0.15) is 19.8 Å². The summed E-state index contributed by atoms with van der Waals surface area (Å²) in [5, 5.41) is 0. The third kappa shape index (κ3) is 5.01. The molecule has 4 nitrogen and oxygen atoms in total. The Labute approximate surface area is 125 Å². The second kappa shape index (κ2) is 7.98. The molecule has 0 atom stereocenters. The first kappa shape index (κ1) is 15.8. The highest BCUT2D eigenvalue weighted by Gasteiger charge is 2.17. The first-order valence-electron chi connectivity index (χ1n) is 7.57. The average Bonchev–Trinajstić information content (AvgIpc) is 2.49. The third-order valence-corrected chi connectivity index (χ3v) is 3.72. The monoisotopic (exact) mass is 294 g/mol. The molecule has 0 unspecified atom stereocenters. The lowest BCUT2D eigenvalue weighted by Crippen LogP contribution is -2.46. The van der Waals surface area contributed by atoms with E-state index in [0.717, 1.165) is 44.8 Å². The summed E-state index contributed by atoms with van der Waals surface area (Å²) >= 11 is 0. The molecule has 0 aliphatic carbocycles. The maximum absolute atomic E-state index is 12.9. The molecule has 0 N–H and O–H groups in total. The fraction of sp³-hybridized carbons (Fsp3) is 0.562. The van der Waals surface area contributed by atoms with E-state index in [9.17, 15) is 9.18 Å². The number of nitrogens with zero attached hydrogens (tertiary/aromatic N) is 2. The minimum Gasteiger partial charge on any atom is -0.466 e. The van der Waals surface area contributed by atoms with Crippen LogP contribution in [0.4, 0.5) is 10.1 Å². The lowest BCUT2D eigenvalue weighted by Gasteiger charge is -2.36.